The molecule has 0 bridgehead atoms. The first-order valence-corrected chi connectivity index (χ1v) is 9.45. The van der Waals surface area contributed by atoms with Crippen LogP contribution in [0, 0.1) is 0 Å². The van der Waals surface area contributed by atoms with E-state index in [0.29, 0.717) is 41.7 Å². The second-order valence-corrected chi connectivity index (χ2v) is 6.89. The van der Waals surface area contributed by atoms with E-state index in [2.05, 4.69) is 10.2 Å². The molecule has 1 aliphatic heterocycles. The molecule has 1 aliphatic rings. The number of morpholine rings is 1. The van der Waals surface area contributed by atoms with Crippen LogP contribution in [0.15, 0.2) is 48.5 Å². The van der Waals surface area contributed by atoms with Crippen molar-refractivity contribution in [3.63, 3.8) is 0 Å². The van der Waals surface area contributed by atoms with Gasteiger partial charge in [-0.25, -0.2) is 4.79 Å². The van der Waals surface area contributed by atoms with Crippen LogP contribution < -0.4 is 16.0 Å². The minimum Gasteiger partial charge on any atom is -0.379 e. The number of carbonyl (C=O) groups is 2. The third kappa shape index (κ3) is 5.45. The van der Waals surface area contributed by atoms with Crippen LogP contribution in [-0.2, 0) is 4.74 Å². The molecule has 0 spiro atoms. The Labute approximate surface area is 169 Å². The fourth-order valence-electron chi connectivity index (χ4n) is 2.94. The lowest BCUT2D eigenvalue weighted by Gasteiger charge is -2.30. The molecule has 0 unspecified atom stereocenters. The standard InChI is InChI=1S/C20H23ClN4O3/c21-16-3-5-17(6-4-16)23-20(27)25(10-9-24-11-13-28-14-12-24)18-7-1-15(2-8-18)19(22)26/h1-8H,9-14H2,(H2,22,26)(H,23,27). The summed E-state index contributed by atoms with van der Waals surface area (Å²) in [5.74, 6) is -0.503. The van der Waals surface area contributed by atoms with Gasteiger partial charge in [0.1, 0.15) is 0 Å². The molecule has 148 valence electrons. The molecule has 0 saturated carbocycles. The van der Waals surface area contributed by atoms with E-state index in [9.17, 15) is 9.59 Å². The summed E-state index contributed by atoms with van der Waals surface area (Å²) in [5.41, 5.74) is 7.04. The molecular formula is C20H23ClN4O3. The Morgan fingerprint density at radius 1 is 1.07 bits per heavy atom. The van der Waals surface area contributed by atoms with Crippen molar-refractivity contribution in [2.24, 2.45) is 5.73 Å². The van der Waals surface area contributed by atoms with Crippen LogP contribution in [0.2, 0.25) is 5.02 Å². The zero-order valence-corrected chi connectivity index (χ0v) is 16.2. The fourth-order valence-corrected chi connectivity index (χ4v) is 3.07. The van der Waals surface area contributed by atoms with Gasteiger partial charge in [0.2, 0.25) is 5.91 Å². The van der Waals surface area contributed by atoms with Gasteiger partial charge in [0, 0.05) is 48.1 Å². The number of rotatable bonds is 6. The maximum atomic E-state index is 12.9. The first kappa shape index (κ1) is 20.1. The quantitative estimate of drug-likeness (QED) is 0.777. The van der Waals surface area contributed by atoms with Gasteiger partial charge in [-0.3, -0.25) is 14.6 Å². The van der Waals surface area contributed by atoms with Crippen LogP contribution in [0.4, 0.5) is 16.2 Å². The summed E-state index contributed by atoms with van der Waals surface area (Å²) in [4.78, 5) is 28.2. The van der Waals surface area contributed by atoms with Crippen molar-refractivity contribution in [1.29, 1.82) is 0 Å². The number of anilines is 2. The molecule has 3 rings (SSSR count). The van der Waals surface area contributed by atoms with Crippen LogP contribution >= 0.6 is 11.6 Å². The van der Waals surface area contributed by atoms with Crippen LogP contribution in [0.25, 0.3) is 0 Å². The van der Waals surface area contributed by atoms with Crippen molar-refractivity contribution in [1.82, 2.24) is 4.90 Å². The molecule has 8 heteroatoms. The van der Waals surface area contributed by atoms with Crippen molar-refractivity contribution >= 4 is 34.9 Å². The van der Waals surface area contributed by atoms with Crippen LogP contribution in [0.3, 0.4) is 0 Å². The number of benzene rings is 2. The first-order chi connectivity index (χ1) is 13.5. The Hall–Kier alpha value is -2.61. The molecular weight excluding hydrogens is 380 g/mol. The lowest BCUT2D eigenvalue weighted by molar-refractivity contribution is 0.0393. The van der Waals surface area contributed by atoms with E-state index in [0.717, 1.165) is 19.6 Å². The number of nitrogens with two attached hydrogens (primary N) is 1. The molecule has 7 nitrogen and oxygen atoms in total. The predicted octanol–water partition coefficient (Wildman–Crippen LogP) is 2.81. The zero-order chi connectivity index (χ0) is 19.9. The van der Waals surface area contributed by atoms with E-state index in [4.69, 9.17) is 22.1 Å². The predicted molar refractivity (Wildman–Crippen MR) is 110 cm³/mol. The van der Waals surface area contributed by atoms with Gasteiger partial charge in [-0.2, -0.15) is 0 Å². The third-order valence-electron chi connectivity index (χ3n) is 4.55. The highest BCUT2D eigenvalue weighted by Gasteiger charge is 2.19. The zero-order valence-electron chi connectivity index (χ0n) is 15.4. The Morgan fingerprint density at radius 2 is 1.71 bits per heavy atom. The highest BCUT2D eigenvalue weighted by Crippen LogP contribution is 2.19. The van der Waals surface area contributed by atoms with Crippen molar-refractivity contribution in [3.8, 4) is 0 Å². The smallest absolute Gasteiger partial charge is 0.326 e. The number of hydrogen-bond donors (Lipinski definition) is 2. The molecule has 0 radical (unpaired) electrons. The minimum atomic E-state index is -0.503. The second-order valence-electron chi connectivity index (χ2n) is 6.45. The number of hydrogen-bond acceptors (Lipinski definition) is 4. The lowest BCUT2D eigenvalue weighted by atomic mass is 10.2. The number of ether oxygens (including phenoxy) is 1. The summed E-state index contributed by atoms with van der Waals surface area (Å²) >= 11 is 5.91. The monoisotopic (exact) mass is 402 g/mol. The van der Waals surface area contributed by atoms with E-state index < -0.39 is 5.91 Å². The maximum absolute atomic E-state index is 12.9. The molecule has 3 amide bonds. The molecule has 3 N–H and O–H groups in total. The van der Waals surface area contributed by atoms with E-state index in [1.165, 1.54) is 0 Å². The van der Waals surface area contributed by atoms with Crippen molar-refractivity contribution in [3.05, 3.63) is 59.1 Å². The number of carbonyl (C=O) groups excluding carboxylic acids is 2. The Bertz CT molecular complexity index is 805. The minimum absolute atomic E-state index is 0.262. The van der Waals surface area contributed by atoms with Crippen molar-refractivity contribution in [2.45, 2.75) is 0 Å². The normalized spacial score (nSPS) is 14.5. The summed E-state index contributed by atoms with van der Waals surface area (Å²) < 4.78 is 5.37. The highest BCUT2D eigenvalue weighted by atomic mass is 35.5. The van der Waals surface area contributed by atoms with Gasteiger partial charge in [-0.05, 0) is 48.5 Å². The summed E-state index contributed by atoms with van der Waals surface area (Å²) in [6, 6.07) is 13.4. The second kappa shape index (κ2) is 9.54. The van der Waals surface area contributed by atoms with Gasteiger partial charge in [-0.15, -0.1) is 0 Å². The first-order valence-electron chi connectivity index (χ1n) is 9.07. The molecule has 0 aliphatic carbocycles. The van der Waals surface area contributed by atoms with Gasteiger partial charge < -0.3 is 15.8 Å². The number of primary amides is 1. The third-order valence-corrected chi connectivity index (χ3v) is 4.80. The van der Waals surface area contributed by atoms with E-state index in [1.807, 2.05) is 0 Å². The van der Waals surface area contributed by atoms with Crippen molar-refractivity contribution in [2.75, 3.05) is 49.6 Å². The Balaban J connectivity index is 1.74. The number of halogens is 1. The summed E-state index contributed by atoms with van der Waals surface area (Å²) in [6.45, 7) is 4.29. The van der Waals surface area contributed by atoms with Crippen LogP contribution in [0.5, 0.6) is 0 Å². The van der Waals surface area contributed by atoms with Gasteiger partial charge in [0.15, 0.2) is 0 Å². The maximum Gasteiger partial charge on any atom is 0.326 e. The van der Waals surface area contributed by atoms with Gasteiger partial charge in [0.05, 0.1) is 13.2 Å². The highest BCUT2D eigenvalue weighted by molar-refractivity contribution is 6.30. The Kier molecular flexibility index (Phi) is 6.86. The van der Waals surface area contributed by atoms with Gasteiger partial charge in [-0.1, -0.05) is 11.6 Å². The van der Waals surface area contributed by atoms with E-state index in [1.54, 1.807) is 53.4 Å². The molecule has 2 aromatic carbocycles. The fraction of sp³-hybridized carbons (Fsp3) is 0.300. The molecule has 28 heavy (non-hydrogen) atoms. The summed E-state index contributed by atoms with van der Waals surface area (Å²) in [5, 5.41) is 3.49. The van der Waals surface area contributed by atoms with E-state index >= 15 is 0 Å². The lowest BCUT2D eigenvalue weighted by Crippen LogP contribution is -2.44. The number of nitrogens with zero attached hydrogens (tertiary/aromatic N) is 2. The molecule has 1 saturated heterocycles. The van der Waals surface area contributed by atoms with Crippen LogP contribution in [0.1, 0.15) is 10.4 Å². The largest absolute Gasteiger partial charge is 0.379 e. The average molecular weight is 403 g/mol. The SMILES string of the molecule is NC(=O)c1ccc(N(CCN2CCOCC2)C(=O)Nc2ccc(Cl)cc2)cc1. The van der Waals surface area contributed by atoms with Crippen molar-refractivity contribution < 1.29 is 14.3 Å². The van der Waals surface area contributed by atoms with E-state index in [-0.39, 0.29) is 6.03 Å². The number of amides is 3. The van der Waals surface area contributed by atoms with Crippen LogP contribution in [-0.4, -0.2) is 56.2 Å². The molecule has 1 fully saturated rings. The molecule has 0 aromatic heterocycles. The summed E-state index contributed by atoms with van der Waals surface area (Å²) in [6.07, 6.45) is 0. The Morgan fingerprint density at radius 3 is 2.32 bits per heavy atom. The number of urea groups is 1. The van der Waals surface area contributed by atoms with Gasteiger partial charge in [0.25, 0.3) is 0 Å². The molecule has 1 heterocycles. The topological polar surface area (TPSA) is 87.9 Å². The number of nitrogens with one attached hydrogen (secondary N) is 1. The average Bonchev–Trinajstić information content (AvgIpc) is 2.71. The summed E-state index contributed by atoms with van der Waals surface area (Å²) in [7, 11) is 0. The van der Waals surface area contributed by atoms with Gasteiger partial charge >= 0.3 is 6.03 Å². The molecule has 0 atom stereocenters. The molecule has 2 aromatic rings.